The van der Waals surface area contributed by atoms with Crippen molar-refractivity contribution in [1.82, 2.24) is 0 Å². The molecule has 0 saturated heterocycles. The highest BCUT2D eigenvalue weighted by atomic mass is 79.9. The molecule has 0 fully saturated rings. The Hall–Kier alpha value is -2.83. The summed E-state index contributed by atoms with van der Waals surface area (Å²) in [5.41, 5.74) is -1.05. The van der Waals surface area contributed by atoms with Gasteiger partial charge in [0.1, 0.15) is 0 Å². The molecule has 3 aliphatic rings. The summed E-state index contributed by atoms with van der Waals surface area (Å²) in [4.78, 5) is 0. The number of hydrogen-bond acceptors (Lipinski definition) is 4. The maximum atomic E-state index is 13.1. The van der Waals surface area contributed by atoms with Gasteiger partial charge in [0, 0.05) is 17.4 Å². The monoisotopic (exact) mass is 505 g/mol. The van der Waals surface area contributed by atoms with Crippen molar-refractivity contribution in [3.63, 3.8) is 0 Å². The van der Waals surface area contributed by atoms with Crippen molar-refractivity contribution in [3.05, 3.63) is 98.0 Å². The summed E-state index contributed by atoms with van der Waals surface area (Å²) < 4.78 is 67.7. The van der Waals surface area contributed by atoms with Gasteiger partial charge in [-0.15, -0.1) is 0 Å². The molecular weight excluding hydrogens is 495 g/mol. The van der Waals surface area contributed by atoms with Gasteiger partial charge in [-0.1, -0.05) is 48.5 Å². The van der Waals surface area contributed by atoms with Crippen molar-refractivity contribution < 1.29 is 25.8 Å². The topological polar surface area (TPSA) is 67.2 Å². The third-order valence-corrected chi connectivity index (χ3v) is 7.27. The van der Waals surface area contributed by atoms with Crippen molar-refractivity contribution in [2.75, 3.05) is 0 Å². The Morgan fingerprint density at radius 3 is 1.77 bits per heavy atom. The first-order valence-electron chi connectivity index (χ1n) is 9.10. The molecule has 0 heterocycles. The lowest BCUT2D eigenvalue weighted by Gasteiger charge is -2.43. The number of benzene rings is 3. The second kappa shape index (κ2) is 6.58. The molecule has 0 saturated carbocycles. The summed E-state index contributed by atoms with van der Waals surface area (Å²) in [7, 11) is -5.91. The summed E-state index contributed by atoms with van der Waals surface area (Å²) in [6, 6.07) is 18.3. The first-order chi connectivity index (χ1) is 14.7. The van der Waals surface area contributed by atoms with Crippen LogP contribution in [0.3, 0.4) is 0 Å². The highest BCUT2D eigenvalue weighted by Gasteiger charge is 2.51. The quantitative estimate of drug-likeness (QED) is 0.233. The second-order valence-electron chi connectivity index (χ2n) is 7.28. The molecule has 0 atom stereocenters. The SMILES string of the molecule is N#Cc1cc(Br)c(OS(=O)(=O)C(F)(F)F)c2c1C1c3ccccc3C2c2ccccc21. The minimum Gasteiger partial charge on any atom is -0.374 e. The van der Waals surface area contributed by atoms with Gasteiger partial charge >= 0.3 is 15.6 Å². The molecule has 0 unspecified atom stereocenters. The van der Waals surface area contributed by atoms with E-state index in [4.69, 9.17) is 0 Å². The maximum absolute atomic E-state index is 13.1. The van der Waals surface area contributed by atoms with Crippen LogP contribution in [0.15, 0.2) is 59.1 Å². The Balaban J connectivity index is 1.87. The van der Waals surface area contributed by atoms with Gasteiger partial charge in [-0.05, 0) is 49.8 Å². The molecule has 4 nitrogen and oxygen atoms in total. The molecule has 0 aliphatic heterocycles. The van der Waals surface area contributed by atoms with E-state index in [2.05, 4.69) is 26.2 Å². The molecule has 0 amide bonds. The van der Waals surface area contributed by atoms with E-state index in [9.17, 15) is 26.9 Å². The van der Waals surface area contributed by atoms with Crippen LogP contribution in [-0.4, -0.2) is 13.9 Å². The zero-order valence-electron chi connectivity index (χ0n) is 15.4. The summed E-state index contributed by atoms with van der Waals surface area (Å²) in [6.07, 6.45) is 0. The van der Waals surface area contributed by atoms with Crippen molar-refractivity contribution in [2.45, 2.75) is 17.3 Å². The number of halogens is 4. The van der Waals surface area contributed by atoms with Gasteiger partial charge in [-0.3, -0.25) is 0 Å². The van der Waals surface area contributed by atoms with Crippen LogP contribution in [0.5, 0.6) is 5.75 Å². The van der Waals surface area contributed by atoms with Crippen LogP contribution < -0.4 is 4.18 Å². The Labute approximate surface area is 184 Å². The fourth-order valence-corrected chi connectivity index (χ4v) is 5.75. The molecule has 3 aromatic rings. The fraction of sp³-hybridized carbons (Fsp3) is 0.136. The van der Waals surface area contributed by atoms with E-state index in [0.29, 0.717) is 5.56 Å². The highest BCUT2D eigenvalue weighted by Crippen LogP contribution is 2.60. The van der Waals surface area contributed by atoms with Gasteiger partial charge in [0.2, 0.25) is 0 Å². The zero-order chi connectivity index (χ0) is 22.1. The Kier molecular flexibility index (Phi) is 4.27. The molecule has 2 bridgehead atoms. The van der Waals surface area contributed by atoms with Crippen LogP contribution in [0.4, 0.5) is 13.2 Å². The minimum atomic E-state index is -5.91. The molecule has 0 radical (unpaired) electrons. The van der Waals surface area contributed by atoms with E-state index in [0.717, 1.165) is 22.3 Å². The summed E-state index contributed by atoms with van der Waals surface area (Å²) >= 11 is 3.13. The molecule has 3 aromatic carbocycles. The van der Waals surface area contributed by atoms with Gasteiger partial charge in [-0.25, -0.2) is 0 Å². The van der Waals surface area contributed by atoms with E-state index in [1.54, 1.807) is 0 Å². The second-order valence-corrected chi connectivity index (χ2v) is 9.67. The van der Waals surface area contributed by atoms with E-state index in [1.165, 1.54) is 6.07 Å². The van der Waals surface area contributed by atoms with Crippen molar-refractivity contribution in [3.8, 4) is 11.8 Å². The first-order valence-corrected chi connectivity index (χ1v) is 11.3. The van der Waals surface area contributed by atoms with Gasteiger partial charge < -0.3 is 4.18 Å². The smallest absolute Gasteiger partial charge is 0.374 e. The van der Waals surface area contributed by atoms with E-state index in [1.807, 2.05) is 48.5 Å². The lowest BCUT2D eigenvalue weighted by molar-refractivity contribution is -0.0500. The van der Waals surface area contributed by atoms with Crippen LogP contribution in [-0.2, 0) is 10.1 Å². The fourth-order valence-electron chi connectivity index (χ4n) is 4.63. The summed E-state index contributed by atoms with van der Waals surface area (Å²) in [5.74, 6) is -1.44. The maximum Gasteiger partial charge on any atom is 0.534 e. The number of nitriles is 1. The molecule has 9 heteroatoms. The number of alkyl halides is 3. The normalized spacial score (nSPS) is 18.5. The van der Waals surface area contributed by atoms with E-state index < -0.39 is 33.2 Å². The largest absolute Gasteiger partial charge is 0.534 e. The standard InChI is InChI=1S/C22H11BrF3NO3S/c23-16-9-11(10-27)17-18-12-5-1-3-7-14(12)19(15-8-4-2-6-13(15)18)20(17)21(16)30-31(28,29)22(24,25)26/h1-9,18-19H. The Morgan fingerprint density at radius 1 is 0.903 bits per heavy atom. The molecular formula is C22H11BrF3NO3S. The van der Waals surface area contributed by atoms with Crippen LogP contribution in [0.2, 0.25) is 0 Å². The average molecular weight is 506 g/mol. The van der Waals surface area contributed by atoms with Crippen LogP contribution >= 0.6 is 15.9 Å². The van der Waals surface area contributed by atoms with Crippen LogP contribution in [0, 0.1) is 11.3 Å². The van der Waals surface area contributed by atoms with Gasteiger partial charge in [-0.2, -0.15) is 26.9 Å². The Morgan fingerprint density at radius 2 is 1.35 bits per heavy atom. The van der Waals surface area contributed by atoms with Crippen molar-refractivity contribution in [1.29, 1.82) is 5.26 Å². The first kappa shape index (κ1) is 20.1. The van der Waals surface area contributed by atoms with Crippen LogP contribution in [0.25, 0.3) is 0 Å². The number of nitrogens with zero attached hydrogens (tertiary/aromatic N) is 1. The molecule has 0 N–H and O–H groups in total. The average Bonchev–Trinajstić information content (AvgIpc) is 2.74. The third-order valence-electron chi connectivity index (χ3n) is 5.72. The number of rotatable bonds is 2. The van der Waals surface area contributed by atoms with E-state index >= 15 is 0 Å². The minimum absolute atomic E-state index is 0.0295. The molecule has 0 aromatic heterocycles. The zero-order valence-corrected chi connectivity index (χ0v) is 17.8. The molecule has 156 valence electrons. The van der Waals surface area contributed by atoms with Crippen LogP contribution in [0.1, 0.15) is 50.8 Å². The molecule has 3 aliphatic carbocycles. The highest BCUT2D eigenvalue weighted by molar-refractivity contribution is 9.10. The van der Waals surface area contributed by atoms with Gasteiger partial charge in [0.25, 0.3) is 0 Å². The van der Waals surface area contributed by atoms with Gasteiger partial charge in [0.05, 0.1) is 16.1 Å². The summed E-state index contributed by atoms with van der Waals surface area (Å²) in [5, 5.41) is 9.78. The Bertz CT molecular complexity index is 1360. The predicted molar refractivity (Wildman–Crippen MR) is 109 cm³/mol. The molecule has 6 rings (SSSR count). The number of hydrogen-bond donors (Lipinski definition) is 0. The van der Waals surface area contributed by atoms with E-state index in [-0.39, 0.29) is 15.6 Å². The lowest BCUT2D eigenvalue weighted by Crippen LogP contribution is -2.32. The summed E-state index contributed by atoms with van der Waals surface area (Å²) in [6.45, 7) is 0. The predicted octanol–water partition coefficient (Wildman–Crippen LogP) is 5.54. The third kappa shape index (κ3) is 2.75. The molecule has 31 heavy (non-hydrogen) atoms. The molecule has 0 spiro atoms. The van der Waals surface area contributed by atoms with Gasteiger partial charge in [0.15, 0.2) is 5.75 Å². The van der Waals surface area contributed by atoms with Crippen molar-refractivity contribution >= 4 is 26.0 Å². The van der Waals surface area contributed by atoms with Crippen molar-refractivity contribution in [2.24, 2.45) is 0 Å². The lowest BCUT2D eigenvalue weighted by atomic mass is 9.60.